The van der Waals surface area contributed by atoms with Crippen LogP contribution in [0.25, 0.3) is 0 Å². The van der Waals surface area contributed by atoms with Crippen LogP contribution in [0.15, 0.2) is 30.3 Å². The van der Waals surface area contributed by atoms with Gasteiger partial charge in [0.25, 0.3) is 0 Å². The van der Waals surface area contributed by atoms with Gasteiger partial charge in [-0.05, 0) is 95.6 Å². The second-order valence-corrected chi connectivity index (χ2v) is 13.4. The SMILES string of the molecule is CC(C)N1C(=O)N(CC2CCOCC2)CC12CC1CCCN(CC[C@H](NC(=O)C3CC3)c3ccccc3)C1C2. The van der Waals surface area contributed by atoms with Crippen LogP contribution in [-0.2, 0) is 9.53 Å². The lowest BCUT2D eigenvalue weighted by Crippen LogP contribution is -2.50. The highest BCUT2D eigenvalue weighted by Gasteiger charge is 2.58. The highest BCUT2D eigenvalue weighted by molar-refractivity contribution is 5.81. The quantitative estimate of drug-likeness (QED) is 0.491. The fourth-order valence-corrected chi connectivity index (χ4v) is 8.25. The van der Waals surface area contributed by atoms with E-state index in [1.807, 2.05) is 6.07 Å². The molecule has 0 radical (unpaired) electrons. The molecule has 1 N–H and O–H groups in total. The van der Waals surface area contributed by atoms with E-state index < -0.39 is 0 Å². The molecule has 214 valence electrons. The maximum absolute atomic E-state index is 13.8. The Morgan fingerprint density at radius 3 is 2.56 bits per heavy atom. The number of ether oxygens (including phenoxy) is 1. The van der Waals surface area contributed by atoms with Gasteiger partial charge < -0.3 is 19.9 Å². The number of rotatable bonds is 9. The maximum Gasteiger partial charge on any atom is 0.320 e. The van der Waals surface area contributed by atoms with Crippen molar-refractivity contribution in [2.24, 2.45) is 17.8 Å². The minimum absolute atomic E-state index is 0.0483. The number of amides is 3. The van der Waals surface area contributed by atoms with Crippen molar-refractivity contribution in [3.8, 4) is 0 Å². The normalized spacial score (nSPS) is 30.8. The molecule has 0 bridgehead atoms. The Bertz CT molecular complexity index is 1010. The highest BCUT2D eigenvalue weighted by atomic mass is 16.5. The molecular weight excluding hydrogens is 488 g/mol. The smallest absolute Gasteiger partial charge is 0.320 e. The van der Waals surface area contributed by atoms with Crippen molar-refractivity contribution in [2.45, 2.75) is 95.3 Å². The van der Waals surface area contributed by atoms with Crippen LogP contribution in [-0.4, -0.2) is 83.7 Å². The number of carbonyl (C=O) groups excluding carboxylic acids is 2. The average molecular weight is 537 g/mol. The zero-order valence-corrected chi connectivity index (χ0v) is 24.0. The average Bonchev–Trinajstić information content (AvgIpc) is 3.67. The number of hydrogen-bond donors (Lipinski definition) is 1. The zero-order chi connectivity index (χ0) is 27.0. The molecule has 4 atom stereocenters. The van der Waals surface area contributed by atoms with Gasteiger partial charge in [0.05, 0.1) is 11.6 Å². The van der Waals surface area contributed by atoms with E-state index in [-0.39, 0.29) is 35.5 Å². The van der Waals surface area contributed by atoms with Crippen molar-refractivity contribution in [2.75, 3.05) is 39.4 Å². The first kappa shape index (κ1) is 27.1. The summed E-state index contributed by atoms with van der Waals surface area (Å²) in [6.07, 6.45) is 9.83. The Morgan fingerprint density at radius 1 is 1.08 bits per heavy atom. The lowest BCUT2D eigenvalue weighted by atomic mass is 9.90. The summed E-state index contributed by atoms with van der Waals surface area (Å²) in [6.45, 7) is 9.93. The molecule has 2 saturated carbocycles. The van der Waals surface area contributed by atoms with Gasteiger partial charge >= 0.3 is 6.03 Å². The van der Waals surface area contributed by atoms with E-state index in [4.69, 9.17) is 4.74 Å². The molecule has 5 fully saturated rings. The number of nitrogens with one attached hydrogen (secondary N) is 1. The lowest BCUT2D eigenvalue weighted by molar-refractivity contribution is -0.123. The van der Waals surface area contributed by atoms with Crippen molar-refractivity contribution in [1.82, 2.24) is 20.0 Å². The minimum Gasteiger partial charge on any atom is -0.381 e. The number of fused-ring (bicyclic) bond motifs is 1. The lowest BCUT2D eigenvalue weighted by Gasteiger charge is -2.39. The molecule has 1 spiro atoms. The summed E-state index contributed by atoms with van der Waals surface area (Å²) in [5.74, 6) is 1.65. The topological polar surface area (TPSA) is 65.1 Å². The van der Waals surface area contributed by atoms with Crippen LogP contribution in [0.3, 0.4) is 0 Å². The molecule has 0 aromatic heterocycles. The van der Waals surface area contributed by atoms with Gasteiger partial charge in [0.1, 0.15) is 0 Å². The number of likely N-dealkylation sites (tertiary alicyclic amines) is 1. The summed E-state index contributed by atoms with van der Waals surface area (Å²) in [7, 11) is 0. The van der Waals surface area contributed by atoms with E-state index in [2.05, 4.69) is 58.1 Å². The number of piperidine rings is 1. The van der Waals surface area contributed by atoms with Gasteiger partial charge in [0, 0.05) is 50.8 Å². The van der Waals surface area contributed by atoms with E-state index in [1.54, 1.807) is 0 Å². The van der Waals surface area contributed by atoms with Crippen molar-refractivity contribution in [3.63, 3.8) is 0 Å². The number of carbonyl (C=O) groups is 2. The molecule has 3 unspecified atom stereocenters. The summed E-state index contributed by atoms with van der Waals surface area (Å²) < 4.78 is 5.58. The number of urea groups is 1. The molecule has 1 aromatic rings. The Morgan fingerprint density at radius 2 is 1.85 bits per heavy atom. The molecule has 3 heterocycles. The molecular formula is C32H48N4O3. The van der Waals surface area contributed by atoms with Gasteiger partial charge in [-0.25, -0.2) is 4.79 Å². The summed E-state index contributed by atoms with van der Waals surface area (Å²) in [5, 5.41) is 3.38. The van der Waals surface area contributed by atoms with Gasteiger partial charge in [-0.3, -0.25) is 9.69 Å². The van der Waals surface area contributed by atoms with Gasteiger partial charge in [-0.1, -0.05) is 30.3 Å². The fourth-order valence-electron chi connectivity index (χ4n) is 8.25. The van der Waals surface area contributed by atoms with E-state index in [0.717, 1.165) is 84.3 Å². The molecule has 7 heteroatoms. The third-order valence-electron chi connectivity index (χ3n) is 10.2. The van der Waals surface area contributed by atoms with Crippen LogP contribution in [0.2, 0.25) is 0 Å². The summed E-state index contributed by atoms with van der Waals surface area (Å²) in [4.78, 5) is 33.7. The van der Waals surface area contributed by atoms with Crippen molar-refractivity contribution >= 4 is 11.9 Å². The third kappa shape index (κ3) is 5.72. The molecule has 1 aromatic carbocycles. The zero-order valence-electron chi connectivity index (χ0n) is 24.0. The molecule has 3 saturated heterocycles. The van der Waals surface area contributed by atoms with E-state index >= 15 is 0 Å². The number of nitrogens with zero attached hydrogens (tertiary/aromatic N) is 3. The Hall–Kier alpha value is -2.12. The van der Waals surface area contributed by atoms with Crippen LogP contribution in [0.1, 0.15) is 83.2 Å². The second kappa shape index (κ2) is 11.4. The maximum atomic E-state index is 13.8. The van der Waals surface area contributed by atoms with E-state index in [0.29, 0.717) is 17.9 Å². The standard InChI is InChI=1S/C32H48N4O3/c1-23(2)36-31(38)35(21-24-13-17-39-18-14-24)22-32(36)19-27-9-6-15-34(29(27)20-32)16-12-28(25-7-4-3-5-8-25)33-30(37)26-10-11-26/h3-5,7-8,23-24,26-29H,6,9-22H2,1-2H3,(H,33,37)/t27?,28-,29?,32?/m0/s1. The van der Waals surface area contributed by atoms with Crippen LogP contribution in [0, 0.1) is 17.8 Å². The van der Waals surface area contributed by atoms with Crippen LogP contribution in [0.5, 0.6) is 0 Å². The Balaban J connectivity index is 1.15. The fraction of sp³-hybridized carbons (Fsp3) is 0.750. The Kier molecular flexibility index (Phi) is 7.91. The largest absolute Gasteiger partial charge is 0.381 e. The highest BCUT2D eigenvalue weighted by Crippen LogP contribution is 2.49. The predicted molar refractivity (Wildman–Crippen MR) is 152 cm³/mol. The summed E-state index contributed by atoms with van der Waals surface area (Å²) in [5.41, 5.74) is 1.16. The second-order valence-electron chi connectivity index (χ2n) is 13.4. The monoisotopic (exact) mass is 536 g/mol. The van der Waals surface area contributed by atoms with E-state index in [9.17, 15) is 9.59 Å². The molecule has 5 aliphatic rings. The summed E-state index contributed by atoms with van der Waals surface area (Å²) >= 11 is 0. The molecule has 6 rings (SSSR count). The number of hydrogen-bond acceptors (Lipinski definition) is 4. The van der Waals surface area contributed by atoms with Gasteiger partial charge in [-0.15, -0.1) is 0 Å². The predicted octanol–water partition coefficient (Wildman–Crippen LogP) is 4.83. The van der Waals surface area contributed by atoms with Gasteiger partial charge in [0.2, 0.25) is 5.91 Å². The van der Waals surface area contributed by atoms with Crippen LogP contribution in [0.4, 0.5) is 4.79 Å². The third-order valence-corrected chi connectivity index (χ3v) is 10.2. The summed E-state index contributed by atoms with van der Waals surface area (Å²) in [6, 6.07) is 11.6. The van der Waals surface area contributed by atoms with Gasteiger partial charge in [0.15, 0.2) is 0 Å². The minimum atomic E-state index is -0.0483. The van der Waals surface area contributed by atoms with Crippen LogP contribution >= 0.6 is 0 Å². The molecule has 39 heavy (non-hydrogen) atoms. The first-order valence-corrected chi connectivity index (χ1v) is 15.7. The molecule has 2 aliphatic carbocycles. The molecule has 7 nitrogen and oxygen atoms in total. The molecule has 3 amide bonds. The first-order chi connectivity index (χ1) is 18.9. The van der Waals surface area contributed by atoms with Crippen molar-refractivity contribution < 1.29 is 14.3 Å². The number of benzene rings is 1. The van der Waals surface area contributed by atoms with Crippen molar-refractivity contribution in [3.05, 3.63) is 35.9 Å². The van der Waals surface area contributed by atoms with Crippen LogP contribution < -0.4 is 5.32 Å². The van der Waals surface area contributed by atoms with E-state index in [1.165, 1.54) is 18.4 Å². The first-order valence-electron chi connectivity index (χ1n) is 15.7. The van der Waals surface area contributed by atoms with Crippen molar-refractivity contribution in [1.29, 1.82) is 0 Å². The Labute approximate surface area is 234 Å². The molecule has 3 aliphatic heterocycles. The van der Waals surface area contributed by atoms with Gasteiger partial charge in [-0.2, -0.15) is 0 Å².